The van der Waals surface area contributed by atoms with E-state index in [2.05, 4.69) is 20.2 Å². The van der Waals surface area contributed by atoms with E-state index in [1.165, 1.54) is 0 Å². The van der Waals surface area contributed by atoms with Gasteiger partial charge in [0.15, 0.2) is 0 Å². The molecule has 0 aromatic carbocycles. The van der Waals surface area contributed by atoms with Gasteiger partial charge in [-0.3, -0.25) is 0 Å². The Balaban J connectivity index is 1.38. The zero-order valence-electron chi connectivity index (χ0n) is 14.2. The number of rotatable bonds is 3. The first-order chi connectivity index (χ1) is 12.3. The smallest absolute Gasteiger partial charge is 0.318 e. The van der Waals surface area contributed by atoms with Crippen molar-refractivity contribution in [3.63, 3.8) is 0 Å². The molecule has 2 fully saturated rings. The van der Waals surface area contributed by atoms with Crippen LogP contribution in [0.25, 0.3) is 0 Å². The van der Waals surface area contributed by atoms with Crippen LogP contribution in [0.2, 0.25) is 0 Å². The molecule has 2 aliphatic heterocycles. The average Bonchev–Trinajstić information content (AvgIpc) is 3.34. The SMILES string of the molecule is O=C(NC1CCN(c2ccccn2)C1)N1CCCCC1c1nccs1. The van der Waals surface area contributed by atoms with Crippen molar-refractivity contribution in [1.29, 1.82) is 0 Å². The van der Waals surface area contributed by atoms with E-state index in [1.807, 2.05) is 40.9 Å². The minimum absolute atomic E-state index is 0.0489. The zero-order chi connectivity index (χ0) is 17.1. The summed E-state index contributed by atoms with van der Waals surface area (Å²) in [5, 5.41) is 6.27. The second-order valence-corrected chi connectivity index (χ2v) is 7.57. The number of hydrogen-bond acceptors (Lipinski definition) is 5. The van der Waals surface area contributed by atoms with E-state index in [-0.39, 0.29) is 18.1 Å². The molecule has 2 aromatic heterocycles. The first kappa shape index (κ1) is 16.3. The topological polar surface area (TPSA) is 61.4 Å². The third-order valence-corrected chi connectivity index (χ3v) is 5.87. The molecule has 2 amide bonds. The summed E-state index contributed by atoms with van der Waals surface area (Å²) in [7, 11) is 0. The van der Waals surface area contributed by atoms with Gasteiger partial charge in [-0.1, -0.05) is 6.07 Å². The second-order valence-electron chi connectivity index (χ2n) is 6.64. The van der Waals surface area contributed by atoms with Gasteiger partial charge in [0.25, 0.3) is 0 Å². The summed E-state index contributed by atoms with van der Waals surface area (Å²) in [4.78, 5) is 25.9. The maximum absolute atomic E-state index is 12.9. The number of pyridine rings is 1. The molecule has 132 valence electrons. The molecule has 2 aliphatic rings. The summed E-state index contributed by atoms with van der Waals surface area (Å²) < 4.78 is 0. The predicted molar refractivity (Wildman–Crippen MR) is 98.8 cm³/mol. The Labute approximate surface area is 151 Å². The zero-order valence-corrected chi connectivity index (χ0v) is 15.0. The van der Waals surface area contributed by atoms with E-state index in [0.29, 0.717) is 0 Å². The molecule has 2 unspecified atom stereocenters. The van der Waals surface area contributed by atoms with Crippen molar-refractivity contribution in [3.8, 4) is 0 Å². The maximum Gasteiger partial charge on any atom is 0.318 e. The fraction of sp³-hybridized carbons (Fsp3) is 0.500. The third kappa shape index (κ3) is 3.61. The molecule has 7 heteroatoms. The van der Waals surface area contributed by atoms with Gasteiger partial charge in [-0.25, -0.2) is 14.8 Å². The highest BCUT2D eigenvalue weighted by molar-refractivity contribution is 7.09. The predicted octanol–water partition coefficient (Wildman–Crippen LogP) is 3.05. The Morgan fingerprint density at radius 3 is 2.92 bits per heavy atom. The lowest BCUT2D eigenvalue weighted by Crippen LogP contribution is -2.48. The molecule has 0 spiro atoms. The van der Waals surface area contributed by atoms with Crippen molar-refractivity contribution in [2.75, 3.05) is 24.5 Å². The molecule has 4 rings (SSSR count). The summed E-state index contributed by atoms with van der Waals surface area (Å²) in [6, 6.07) is 6.30. The van der Waals surface area contributed by atoms with E-state index in [9.17, 15) is 4.79 Å². The molecule has 2 saturated heterocycles. The summed E-state index contributed by atoms with van der Waals surface area (Å²) >= 11 is 1.64. The van der Waals surface area contributed by atoms with Crippen LogP contribution in [0.1, 0.15) is 36.7 Å². The molecule has 25 heavy (non-hydrogen) atoms. The van der Waals surface area contributed by atoms with Crippen LogP contribution >= 0.6 is 11.3 Å². The molecule has 2 aromatic rings. The third-order valence-electron chi connectivity index (χ3n) is 4.99. The van der Waals surface area contributed by atoms with Crippen LogP contribution in [0.4, 0.5) is 10.6 Å². The van der Waals surface area contributed by atoms with Gasteiger partial charge in [0.2, 0.25) is 0 Å². The average molecular weight is 357 g/mol. The summed E-state index contributed by atoms with van der Waals surface area (Å²) in [6.45, 7) is 2.56. The van der Waals surface area contributed by atoms with Crippen molar-refractivity contribution in [1.82, 2.24) is 20.2 Å². The molecule has 0 bridgehead atoms. The number of urea groups is 1. The quantitative estimate of drug-likeness (QED) is 0.917. The number of aromatic nitrogens is 2. The first-order valence-electron chi connectivity index (χ1n) is 8.94. The van der Waals surface area contributed by atoms with E-state index in [4.69, 9.17) is 0 Å². The lowest BCUT2D eigenvalue weighted by molar-refractivity contribution is 0.149. The van der Waals surface area contributed by atoms with Gasteiger partial charge in [0.05, 0.1) is 6.04 Å². The van der Waals surface area contributed by atoms with Crippen molar-refractivity contribution in [2.45, 2.75) is 37.8 Å². The molecule has 0 radical (unpaired) electrons. The van der Waals surface area contributed by atoms with Gasteiger partial charge in [-0.05, 0) is 37.8 Å². The standard InChI is InChI=1S/C18H23N5OS/c24-18(23-10-4-2-5-15(23)17-20-9-12-25-17)21-14-7-11-22(13-14)16-6-1-3-8-19-16/h1,3,6,8-9,12,14-15H,2,4-5,7,10-11,13H2,(H,21,24). The summed E-state index contributed by atoms with van der Waals surface area (Å²) in [5.74, 6) is 0.984. The fourth-order valence-electron chi connectivity index (χ4n) is 3.71. The summed E-state index contributed by atoms with van der Waals surface area (Å²) in [6.07, 6.45) is 7.83. The number of hydrogen-bond donors (Lipinski definition) is 1. The molecule has 1 N–H and O–H groups in total. The van der Waals surface area contributed by atoms with E-state index in [1.54, 1.807) is 11.3 Å². The van der Waals surface area contributed by atoms with E-state index < -0.39 is 0 Å². The van der Waals surface area contributed by atoms with Crippen LogP contribution in [0.5, 0.6) is 0 Å². The largest absolute Gasteiger partial charge is 0.354 e. The summed E-state index contributed by atoms with van der Waals surface area (Å²) in [5.41, 5.74) is 0. The van der Waals surface area contributed by atoms with Crippen LogP contribution in [-0.4, -0.2) is 46.6 Å². The molecule has 2 atom stereocenters. The number of carbonyl (C=O) groups excluding carboxylic acids is 1. The van der Waals surface area contributed by atoms with Crippen LogP contribution in [0, 0.1) is 0 Å². The van der Waals surface area contributed by atoms with Gasteiger partial charge >= 0.3 is 6.03 Å². The number of thiazole rings is 1. The Morgan fingerprint density at radius 1 is 1.16 bits per heavy atom. The Bertz CT molecular complexity index is 693. The Morgan fingerprint density at radius 2 is 2.12 bits per heavy atom. The molecule has 6 nitrogen and oxygen atoms in total. The lowest BCUT2D eigenvalue weighted by Gasteiger charge is -2.35. The normalized spacial score (nSPS) is 23.7. The minimum Gasteiger partial charge on any atom is -0.354 e. The lowest BCUT2D eigenvalue weighted by atomic mass is 10.0. The van der Waals surface area contributed by atoms with Crippen LogP contribution in [0.15, 0.2) is 36.0 Å². The second kappa shape index (κ2) is 7.39. The van der Waals surface area contributed by atoms with Crippen molar-refractivity contribution >= 4 is 23.2 Å². The number of anilines is 1. The highest BCUT2D eigenvalue weighted by atomic mass is 32.1. The number of piperidine rings is 1. The van der Waals surface area contributed by atoms with E-state index >= 15 is 0 Å². The Kier molecular flexibility index (Phi) is 4.83. The molecular weight excluding hydrogens is 334 g/mol. The van der Waals surface area contributed by atoms with Gasteiger partial charge in [-0.15, -0.1) is 11.3 Å². The number of likely N-dealkylation sites (tertiary alicyclic amines) is 1. The van der Waals surface area contributed by atoms with Crippen LogP contribution < -0.4 is 10.2 Å². The van der Waals surface area contributed by atoms with Gasteiger partial charge in [0.1, 0.15) is 10.8 Å². The highest BCUT2D eigenvalue weighted by Gasteiger charge is 2.32. The van der Waals surface area contributed by atoms with Crippen molar-refractivity contribution in [2.24, 2.45) is 0 Å². The highest BCUT2D eigenvalue weighted by Crippen LogP contribution is 2.32. The van der Waals surface area contributed by atoms with E-state index in [0.717, 1.165) is 56.1 Å². The van der Waals surface area contributed by atoms with Gasteiger partial charge < -0.3 is 15.1 Å². The van der Waals surface area contributed by atoms with Gasteiger partial charge in [-0.2, -0.15) is 0 Å². The monoisotopic (exact) mass is 357 g/mol. The molecule has 0 saturated carbocycles. The molecule has 4 heterocycles. The van der Waals surface area contributed by atoms with Crippen LogP contribution in [0.3, 0.4) is 0 Å². The maximum atomic E-state index is 12.9. The molecular formula is C18H23N5OS. The van der Waals surface area contributed by atoms with Gasteiger partial charge in [0, 0.05) is 43.4 Å². The minimum atomic E-state index is 0.0489. The van der Waals surface area contributed by atoms with Crippen LogP contribution in [-0.2, 0) is 0 Å². The first-order valence-corrected chi connectivity index (χ1v) is 9.82. The number of nitrogens with one attached hydrogen (secondary N) is 1. The number of nitrogens with zero attached hydrogens (tertiary/aromatic N) is 4. The number of amides is 2. The van der Waals surface area contributed by atoms with Crippen molar-refractivity contribution < 1.29 is 4.79 Å². The Hall–Kier alpha value is -2.15. The van der Waals surface area contributed by atoms with Crippen molar-refractivity contribution in [3.05, 3.63) is 41.0 Å². The number of carbonyl (C=O) groups is 1. The fourth-order valence-corrected chi connectivity index (χ4v) is 4.50. The molecule has 0 aliphatic carbocycles.